The summed E-state index contributed by atoms with van der Waals surface area (Å²) < 4.78 is 13.7. The minimum absolute atomic E-state index is 0.227. The van der Waals surface area contributed by atoms with Crippen LogP contribution in [-0.4, -0.2) is 39.0 Å². The van der Waals surface area contributed by atoms with Crippen LogP contribution in [0.3, 0.4) is 0 Å². The van der Waals surface area contributed by atoms with Crippen molar-refractivity contribution in [3.05, 3.63) is 34.2 Å². The summed E-state index contributed by atoms with van der Waals surface area (Å²) >= 11 is 3.57. The van der Waals surface area contributed by atoms with Crippen LogP contribution in [-0.2, 0) is 11.3 Å². The van der Waals surface area contributed by atoms with Gasteiger partial charge in [-0.25, -0.2) is 14.6 Å². The van der Waals surface area contributed by atoms with Crippen molar-refractivity contribution in [3.63, 3.8) is 0 Å². The van der Waals surface area contributed by atoms with Crippen LogP contribution in [0.1, 0.15) is 50.2 Å². The van der Waals surface area contributed by atoms with Gasteiger partial charge in [0.1, 0.15) is 29.6 Å². The highest BCUT2D eigenvalue weighted by Crippen LogP contribution is 2.41. The van der Waals surface area contributed by atoms with Crippen molar-refractivity contribution in [1.29, 1.82) is 0 Å². The molecule has 2 N–H and O–H groups in total. The van der Waals surface area contributed by atoms with E-state index in [0.717, 1.165) is 49.5 Å². The molecule has 0 atom stereocenters. The Morgan fingerprint density at radius 2 is 2.03 bits per heavy atom. The average molecular weight is 485 g/mol. The van der Waals surface area contributed by atoms with Gasteiger partial charge in [0.15, 0.2) is 5.82 Å². The van der Waals surface area contributed by atoms with Crippen molar-refractivity contribution in [2.45, 2.75) is 45.3 Å². The molecule has 3 heterocycles. The molecule has 1 aliphatic carbocycles. The van der Waals surface area contributed by atoms with Crippen molar-refractivity contribution in [2.75, 3.05) is 19.5 Å². The molecular weight excluding hydrogens is 460 g/mol. The third-order valence-electron chi connectivity index (χ3n) is 5.53. The molecule has 0 unspecified atom stereocenters. The Kier molecular flexibility index (Phi) is 5.10. The first kappa shape index (κ1) is 20.3. The minimum Gasteiger partial charge on any atom is -0.496 e. The molecule has 1 aromatic carbocycles. The van der Waals surface area contributed by atoms with Gasteiger partial charge < -0.3 is 19.8 Å². The molecule has 9 heteroatoms. The van der Waals surface area contributed by atoms with Crippen LogP contribution in [0.4, 0.5) is 11.6 Å². The molecule has 5 rings (SSSR count). The third-order valence-corrected chi connectivity index (χ3v) is 6.15. The van der Waals surface area contributed by atoms with Crippen LogP contribution in [0.25, 0.3) is 21.9 Å². The molecule has 0 radical (unpaired) electrons. The van der Waals surface area contributed by atoms with E-state index in [0.29, 0.717) is 18.3 Å². The number of nitrogens with one attached hydrogen (secondary N) is 2. The number of benzene rings is 1. The molecule has 0 aliphatic heterocycles. The molecule has 0 spiro atoms. The molecule has 1 saturated carbocycles. The van der Waals surface area contributed by atoms with Crippen LogP contribution in [0.5, 0.6) is 5.75 Å². The first-order chi connectivity index (χ1) is 15.0. The number of aromatic amines is 1. The summed E-state index contributed by atoms with van der Waals surface area (Å²) in [5.41, 5.74) is 2.84. The number of anilines is 2. The Labute approximate surface area is 188 Å². The van der Waals surface area contributed by atoms with E-state index in [-0.39, 0.29) is 6.04 Å². The second-order valence-corrected chi connectivity index (χ2v) is 9.05. The number of halogens is 1. The SMILES string of the molecule is COCc1nc(Nc2cc(C3CC3)nn2C(C)C)c2c(n1)[nH]c1cc(Br)c(OC)cc12. The monoisotopic (exact) mass is 484 g/mol. The van der Waals surface area contributed by atoms with Crippen molar-refractivity contribution in [2.24, 2.45) is 0 Å². The Balaban J connectivity index is 1.70. The summed E-state index contributed by atoms with van der Waals surface area (Å²) in [5.74, 6) is 3.58. The summed E-state index contributed by atoms with van der Waals surface area (Å²) in [6, 6.07) is 6.37. The first-order valence-corrected chi connectivity index (χ1v) is 11.2. The fourth-order valence-corrected chi connectivity index (χ4v) is 4.39. The third kappa shape index (κ3) is 3.65. The van der Waals surface area contributed by atoms with Crippen molar-refractivity contribution in [3.8, 4) is 5.75 Å². The molecular formula is C22H25BrN6O2. The molecule has 0 saturated heterocycles. The van der Waals surface area contributed by atoms with Gasteiger partial charge in [0.2, 0.25) is 0 Å². The van der Waals surface area contributed by atoms with E-state index in [1.54, 1.807) is 14.2 Å². The number of hydrogen-bond donors (Lipinski definition) is 2. The Morgan fingerprint density at radius 3 is 2.71 bits per heavy atom. The maximum Gasteiger partial charge on any atom is 0.158 e. The predicted octanol–water partition coefficient (Wildman–Crippen LogP) is 5.43. The Morgan fingerprint density at radius 1 is 1.23 bits per heavy atom. The smallest absolute Gasteiger partial charge is 0.158 e. The lowest BCUT2D eigenvalue weighted by molar-refractivity contribution is 0.178. The van der Waals surface area contributed by atoms with Crippen LogP contribution in [0.15, 0.2) is 22.7 Å². The molecule has 0 amide bonds. The zero-order valence-corrected chi connectivity index (χ0v) is 19.6. The zero-order chi connectivity index (χ0) is 21.7. The second-order valence-electron chi connectivity index (χ2n) is 8.19. The van der Waals surface area contributed by atoms with E-state index >= 15 is 0 Å². The summed E-state index contributed by atoms with van der Waals surface area (Å²) in [6.45, 7) is 4.59. The van der Waals surface area contributed by atoms with Gasteiger partial charge in [-0.1, -0.05) is 0 Å². The number of methoxy groups -OCH3 is 2. The fraction of sp³-hybridized carbons (Fsp3) is 0.409. The quantitative estimate of drug-likeness (QED) is 0.363. The minimum atomic E-state index is 0.227. The normalized spacial score (nSPS) is 14.1. The lowest BCUT2D eigenvalue weighted by Crippen LogP contribution is -2.09. The Bertz CT molecular complexity index is 1270. The number of hydrogen-bond acceptors (Lipinski definition) is 6. The number of H-pyrrole nitrogens is 1. The van der Waals surface area contributed by atoms with E-state index in [4.69, 9.17) is 19.6 Å². The van der Waals surface area contributed by atoms with Gasteiger partial charge in [0, 0.05) is 36.0 Å². The lowest BCUT2D eigenvalue weighted by atomic mass is 10.2. The zero-order valence-electron chi connectivity index (χ0n) is 18.0. The first-order valence-electron chi connectivity index (χ1n) is 10.4. The molecule has 1 aliphatic rings. The molecule has 4 aromatic rings. The number of aromatic nitrogens is 5. The number of ether oxygens (including phenoxy) is 2. The molecule has 0 bridgehead atoms. The van der Waals surface area contributed by atoms with Crippen LogP contribution < -0.4 is 10.1 Å². The molecule has 3 aromatic heterocycles. The van der Waals surface area contributed by atoms with Crippen molar-refractivity contribution in [1.82, 2.24) is 24.7 Å². The molecule has 8 nitrogen and oxygen atoms in total. The highest BCUT2D eigenvalue weighted by Gasteiger charge is 2.28. The maximum absolute atomic E-state index is 5.52. The summed E-state index contributed by atoms with van der Waals surface area (Å²) in [4.78, 5) is 12.9. The van der Waals surface area contributed by atoms with Crippen LogP contribution in [0.2, 0.25) is 0 Å². The standard InChI is InChI=1S/C22H25BrN6O2/c1-11(2)29-19(9-15(28-29)12-5-6-12)27-22-20-13-7-17(31-4)14(23)8-16(13)24-21(20)25-18(26-22)10-30-3/h7-9,11-12H,5-6,10H2,1-4H3,(H2,24,25,26,27). The molecule has 31 heavy (non-hydrogen) atoms. The predicted molar refractivity (Wildman–Crippen MR) is 124 cm³/mol. The van der Waals surface area contributed by atoms with Gasteiger partial charge >= 0.3 is 0 Å². The summed E-state index contributed by atoms with van der Waals surface area (Å²) in [5, 5.41) is 10.3. The van der Waals surface area contributed by atoms with E-state index in [1.807, 2.05) is 16.8 Å². The van der Waals surface area contributed by atoms with Gasteiger partial charge in [-0.05, 0) is 54.8 Å². The lowest BCUT2D eigenvalue weighted by Gasteiger charge is -2.13. The molecule has 162 valence electrons. The van der Waals surface area contributed by atoms with Gasteiger partial charge in [-0.15, -0.1) is 0 Å². The van der Waals surface area contributed by atoms with E-state index < -0.39 is 0 Å². The van der Waals surface area contributed by atoms with E-state index in [2.05, 4.69) is 51.1 Å². The summed E-state index contributed by atoms with van der Waals surface area (Å²) in [6.07, 6.45) is 2.42. The second kappa shape index (κ2) is 7.80. The maximum atomic E-state index is 5.52. The van der Waals surface area contributed by atoms with E-state index in [9.17, 15) is 0 Å². The summed E-state index contributed by atoms with van der Waals surface area (Å²) in [7, 11) is 3.30. The number of nitrogens with zero attached hydrogens (tertiary/aromatic N) is 4. The van der Waals surface area contributed by atoms with E-state index in [1.165, 1.54) is 12.8 Å². The van der Waals surface area contributed by atoms with Gasteiger partial charge in [-0.2, -0.15) is 5.10 Å². The number of rotatable bonds is 7. The molecule has 1 fully saturated rings. The largest absolute Gasteiger partial charge is 0.496 e. The topological polar surface area (TPSA) is 89.9 Å². The van der Waals surface area contributed by atoms with Gasteiger partial charge in [0.25, 0.3) is 0 Å². The van der Waals surface area contributed by atoms with Crippen molar-refractivity contribution >= 4 is 49.5 Å². The van der Waals surface area contributed by atoms with Crippen LogP contribution >= 0.6 is 15.9 Å². The van der Waals surface area contributed by atoms with Crippen LogP contribution in [0, 0.1) is 0 Å². The number of fused-ring (bicyclic) bond motifs is 3. The van der Waals surface area contributed by atoms with Gasteiger partial charge in [-0.3, -0.25) is 0 Å². The van der Waals surface area contributed by atoms with Crippen molar-refractivity contribution < 1.29 is 9.47 Å². The fourth-order valence-electron chi connectivity index (χ4n) is 3.88. The van der Waals surface area contributed by atoms with Gasteiger partial charge in [0.05, 0.1) is 22.7 Å². The highest BCUT2D eigenvalue weighted by atomic mass is 79.9. The Hall–Kier alpha value is -2.65. The highest BCUT2D eigenvalue weighted by molar-refractivity contribution is 9.10. The average Bonchev–Trinajstić information content (AvgIpc) is 3.39.